The van der Waals surface area contributed by atoms with Gasteiger partial charge < -0.3 is 0 Å². The molecule has 0 fully saturated rings. The molecule has 0 unspecified atom stereocenters. The molecule has 0 rings (SSSR count). The zero-order valence-electron chi connectivity index (χ0n) is 15.4. The van der Waals surface area contributed by atoms with E-state index in [4.69, 9.17) is 0 Å². The van der Waals surface area contributed by atoms with Gasteiger partial charge in [0.05, 0.1) is 0 Å². The van der Waals surface area contributed by atoms with E-state index in [1.54, 1.807) is 0 Å². The molecule has 0 N–H and O–H groups in total. The Bertz CT molecular complexity index is 226. The maximum atomic E-state index is 2.79. The molecule has 0 aromatic heterocycles. The molecule has 0 atom stereocenters. The molecule has 0 amide bonds. The van der Waals surface area contributed by atoms with E-state index in [9.17, 15) is 0 Å². The van der Waals surface area contributed by atoms with E-state index in [1.807, 2.05) is 0 Å². The molecule has 0 aliphatic heterocycles. The molecule has 0 saturated heterocycles. The summed E-state index contributed by atoms with van der Waals surface area (Å²) in [6.07, 6.45) is 0. The van der Waals surface area contributed by atoms with Crippen molar-refractivity contribution in [3.8, 4) is 0 Å². The van der Waals surface area contributed by atoms with Crippen LogP contribution in [0.1, 0.15) is 83.1 Å². The minimum absolute atomic E-state index is 0.246. The molecule has 0 spiro atoms. The molecular weight excluding hydrogens is 399 g/mol. The molecule has 0 aromatic carbocycles. The summed E-state index contributed by atoms with van der Waals surface area (Å²) in [4.78, 5) is 0. The number of hydrogen-bond acceptors (Lipinski definition) is 2. The van der Waals surface area contributed by atoms with Crippen LogP contribution in [0.15, 0.2) is 0 Å². The van der Waals surface area contributed by atoms with E-state index in [-0.39, 0.29) is 22.2 Å². The number of rotatable bonds is 2. The Morgan fingerprint density at radius 1 is 0.421 bits per heavy atom. The Balaban J connectivity index is 5.43. The van der Waals surface area contributed by atoms with E-state index < -0.39 is 23.5 Å². The van der Waals surface area contributed by atoms with Crippen LogP contribution in [0.4, 0.5) is 0 Å². The van der Waals surface area contributed by atoms with Crippen molar-refractivity contribution in [1.29, 1.82) is 0 Å². The third-order valence-corrected chi connectivity index (χ3v) is 14.0. The summed E-state index contributed by atoms with van der Waals surface area (Å²) in [6, 6.07) is 0. The van der Waals surface area contributed by atoms with E-state index in [0.29, 0.717) is 0 Å². The van der Waals surface area contributed by atoms with Crippen LogP contribution in [-0.4, -0.2) is 27.9 Å². The van der Waals surface area contributed by atoms with Gasteiger partial charge in [0.25, 0.3) is 0 Å². The molecule has 0 aliphatic carbocycles. The standard InChI is InChI=1S/2C8H18N.Hf/c2*1-7(2,3)9-8(4,5)6;/h2*1-6H3;/q2*-1;+2. The van der Waals surface area contributed by atoms with Crippen LogP contribution in [0.3, 0.4) is 0 Å². The van der Waals surface area contributed by atoms with Gasteiger partial charge in [0.1, 0.15) is 0 Å². The first-order valence-electron chi connectivity index (χ1n) is 7.34. The predicted molar refractivity (Wildman–Crippen MR) is 82.7 cm³/mol. The molecule has 2 nitrogen and oxygen atoms in total. The van der Waals surface area contributed by atoms with Crippen molar-refractivity contribution in [2.24, 2.45) is 0 Å². The normalized spacial score (nSPS) is 15.3. The summed E-state index contributed by atoms with van der Waals surface area (Å²) >= 11 is -1.11. The van der Waals surface area contributed by atoms with Gasteiger partial charge in [0, 0.05) is 0 Å². The van der Waals surface area contributed by atoms with Crippen molar-refractivity contribution in [1.82, 2.24) is 5.78 Å². The molecule has 3 heteroatoms. The summed E-state index contributed by atoms with van der Waals surface area (Å²) in [6.45, 7) is 28.3. The minimum atomic E-state index is -1.11. The van der Waals surface area contributed by atoms with Gasteiger partial charge in [-0.15, -0.1) is 0 Å². The summed E-state index contributed by atoms with van der Waals surface area (Å²) in [5.41, 5.74) is 0.985. The Kier molecular flexibility index (Phi) is 6.13. The van der Waals surface area contributed by atoms with Gasteiger partial charge in [0.2, 0.25) is 0 Å². The van der Waals surface area contributed by atoms with Gasteiger partial charge in [-0.2, -0.15) is 0 Å². The topological polar surface area (TPSA) is 6.48 Å². The van der Waals surface area contributed by atoms with Gasteiger partial charge in [-0.05, 0) is 0 Å². The molecule has 19 heavy (non-hydrogen) atoms. The van der Waals surface area contributed by atoms with Crippen molar-refractivity contribution in [2.45, 2.75) is 105 Å². The molecule has 0 heterocycles. The average molecular weight is 435 g/mol. The van der Waals surface area contributed by atoms with Crippen LogP contribution >= 0.6 is 0 Å². The zero-order chi connectivity index (χ0) is 15.9. The maximum absolute atomic E-state index is 2.79. The monoisotopic (exact) mass is 436 g/mol. The third kappa shape index (κ3) is 6.39. The Labute approximate surface area is 134 Å². The van der Waals surface area contributed by atoms with Gasteiger partial charge in [-0.1, -0.05) is 0 Å². The fourth-order valence-electron chi connectivity index (χ4n) is 2.71. The second-order valence-electron chi connectivity index (χ2n) is 9.45. The summed E-state index contributed by atoms with van der Waals surface area (Å²) in [7, 11) is 0. The van der Waals surface area contributed by atoms with Crippen LogP contribution in [0.5, 0.6) is 0 Å². The van der Waals surface area contributed by atoms with Gasteiger partial charge in [0.15, 0.2) is 0 Å². The number of nitrogens with zero attached hydrogens (tertiary/aromatic N) is 2. The van der Waals surface area contributed by atoms with Crippen molar-refractivity contribution in [3.63, 3.8) is 0 Å². The molecule has 0 saturated carbocycles. The predicted octanol–water partition coefficient (Wildman–Crippen LogP) is 4.70. The molecule has 0 aromatic rings. The molecular formula is C16H36HfN2. The fraction of sp³-hybridized carbons (Fsp3) is 1.00. The van der Waals surface area contributed by atoms with Crippen LogP contribution in [-0.2, 0) is 23.5 Å². The van der Waals surface area contributed by atoms with Gasteiger partial charge in [-0.3, -0.25) is 0 Å². The van der Waals surface area contributed by atoms with Gasteiger partial charge >= 0.3 is 134 Å². The number of hydrogen-bond donors (Lipinski definition) is 0. The summed E-state index contributed by atoms with van der Waals surface area (Å²) in [5, 5.41) is 0. The van der Waals surface area contributed by atoms with Crippen LogP contribution < -0.4 is 0 Å². The molecule has 0 radical (unpaired) electrons. The average Bonchev–Trinajstić information content (AvgIpc) is 1.91. The SMILES string of the molecule is CC(C)(C)[N]([Hf][N](C(C)(C)C)C(C)(C)C)C(C)(C)C. The van der Waals surface area contributed by atoms with E-state index >= 15 is 0 Å². The van der Waals surface area contributed by atoms with E-state index in [1.165, 1.54) is 0 Å². The second kappa shape index (κ2) is 5.88. The van der Waals surface area contributed by atoms with E-state index in [0.717, 1.165) is 0 Å². The van der Waals surface area contributed by atoms with Crippen molar-refractivity contribution in [3.05, 3.63) is 0 Å². The first kappa shape index (κ1) is 19.8. The van der Waals surface area contributed by atoms with Crippen LogP contribution in [0, 0.1) is 0 Å². The van der Waals surface area contributed by atoms with Crippen molar-refractivity contribution in [2.75, 3.05) is 0 Å². The first-order chi connectivity index (χ1) is 7.97. The van der Waals surface area contributed by atoms with E-state index in [2.05, 4.69) is 88.9 Å². The summed E-state index contributed by atoms with van der Waals surface area (Å²) in [5.74, 6) is 0. The van der Waals surface area contributed by atoms with Crippen molar-refractivity contribution < 1.29 is 23.5 Å². The van der Waals surface area contributed by atoms with Gasteiger partial charge in [-0.25, -0.2) is 0 Å². The Morgan fingerprint density at radius 2 is 0.579 bits per heavy atom. The summed E-state index contributed by atoms with van der Waals surface area (Å²) < 4.78 is 5.58. The van der Waals surface area contributed by atoms with Crippen LogP contribution in [0.2, 0.25) is 0 Å². The molecule has 0 aliphatic rings. The van der Waals surface area contributed by atoms with Crippen molar-refractivity contribution >= 4 is 0 Å². The first-order valence-corrected chi connectivity index (χ1v) is 10.6. The second-order valence-corrected chi connectivity index (χ2v) is 13.4. The zero-order valence-corrected chi connectivity index (χ0v) is 19.0. The quantitative estimate of drug-likeness (QED) is 0.581. The third-order valence-electron chi connectivity index (χ3n) is 2.88. The fourth-order valence-corrected chi connectivity index (χ4v) is 7.74. The molecule has 114 valence electrons. The molecule has 0 bridgehead atoms. The van der Waals surface area contributed by atoms with Crippen LogP contribution in [0.25, 0.3) is 0 Å². The Morgan fingerprint density at radius 3 is 0.684 bits per heavy atom. The Hall–Kier alpha value is 0.790.